The molecular weight excluding hydrogens is 218 g/mol. The Balaban J connectivity index is 2.11. The maximum Gasteiger partial charge on any atom is 0.410 e. The summed E-state index contributed by atoms with van der Waals surface area (Å²) in [7, 11) is 2.02. The highest BCUT2D eigenvalue weighted by Gasteiger charge is 2.25. The summed E-state index contributed by atoms with van der Waals surface area (Å²) in [6.45, 7) is 6.96. The van der Waals surface area contributed by atoms with E-state index in [9.17, 15) is 4.79 Å². The molecule has 5 heteroatoms. The third-order valence-corrected chi connectivity index (χ3v) is 3.07. The Morgan fingerprint density at radius 3 is 2.82 bits per heavy atom. The summed E-state index contributed by atoms with van der Waals surface area (Å²) in [6, 6.07) is 0. The van der Waals surface area contributed by atoms with Gasteiger partial charge in [0.05, 0.1) is 18.3 Å². The molecule has 0 radical (unpaired) electrons. The Morgan fingerprint density at radius 2 is 2.18 bits per heavy atom. The van der Waals surface area contributed by atoms with Crippen LogP contribution in [0.15, 0.2) is 0 Å². The Kier molecular flexibility index (Phi) is 3.09. The van der Waals surface area contributed by atoms with Crippen LogP contribution in [0.25, 0.3) is 0 Å². The van der Waals surface area contributed by atoms with Gasteiger partial charge in [0.1, 0.15) is 5.82 Å². The van der Waals surface area contributed by atoms with Crippen LogP contribution in [0, 0.1) is 6.92 Å². The van der Waals surface area contributed by atoms with Crippen molar-refractivity contribution in [2.24, 2.45) is 7.05 Å². The van der Waals surface area contributed by atoms with Crippen molar-refractivity contribution in [2.75, 3.05) is 6.54 Å². The van der Waals surface area contributed by atoms with E-state index in [0.29, 0.717) is 13.1 Å². The SMILES string of the molecule is Cc1nc2c(n1C)CCN(C(=O)OC(C)C)C2. The zero-order chi connectivity index (χ0) is 12.6. The lowest BCUT2D eigenvalue weighted by molar-refractivity contribution is 0.0723. The number of aromatic nitrogens is 2. The van der Waals surface area contributed by atoms with Crippen LogP contribution in [-0.2, 0) is 24.8 Å². The Morgan fingerprint density at radius 1 is 1.47 bits per heavy atom. The fourth-order valence-electron chi connectivity index (χ4n) is 2.10. The molecular formula is C12H19N3O2. The Bertz CT molecular complexity index is 437. The third kappa shape index (κ3) is 2.28. The molecule has 1 aliphatic rings. The molecule has 0 aliphatic carbocycles. The number of carbonyl (C=O) groups excluding carboxylic acids is 1. The molecule has 1 aromatic heterocycles. The molecule has 1 amide bonds. The molecule has 0 aromatic carbocycles. The molecule has 1 aromatic rings. The van der Waals surface area contributed by atoms with Gasteiger partial charge in [0, 0.05) is 25.7 Å². The monoisotopic (exact) mass is 237 g/mol. The van der Waals surface area contributed by atoms with Gasteiger partial charge in [-0.3, -0.25) is 0 Å². The van der Waals surface area contributed by atoms with E-state index >= 15 is 0 Å². The van der Waals surface area contributed by atoms with Gasteiger partial charge in [0.25, 0.3) is 0 Å². The van der Waals surface area contributed by atoms with E-state index in [2.05, 4.69) is 9.55 Å². The van der Waals surface area contributed by atoms with Crippen molar-refractivity contribution in [3.63, 3.8) is 0 Å². The highest BCUT2D eigenvalue weighted by molar-refractivity contribution is 5.68. The first-order valence-electron chi connectivity index (χ1n) is 5.95. The quantitative estimate of drug-likeness (QED) is 0.746. The van der Waals surface area contributed by atoms with Crippen molar-refractivity contribution in [1.29, 1.82) is 0 Å². The van der Waals surface area contributed by atoms with Gasteiger partial charge >= 0.3 is 6.09 Å². The number of nitrogens with zero attached hydrogens (tertiary/aromatic N) is 3. The van der Waals surface area contributed by atoms with E-state index in [4.69, 9.17) is 4.74 Å². The van der Waals surface area contributed by atoms with Crippen LogP contribution in [0.4, 0.5) is 4.79 Å². The van der Waals surface area contributed by atoms with Gasteiger partial charge < -0.3 is 14.2 Å². The molecule has 0 unspecified atom stereocenters. The highest BCUT2D eigenvalue weighted by Crippen LogP contribution is 2.19. The zero-order valence-electron chi connectivity index (χ0n) is 10.9. The lowest BCUT2D eigenvalue weighted by Crippen LogP contribution is -2.37. The third-order valence-electron chi connectivity index (χ3n) is 3.07. The number of amides is 1. The second-order valence-electron chi connectivity index (χ2n) is 4.72. The minimum Gasteiger partial charge on any atom is -0.447 e. The standard InChI is InChI=1S/C12H19N3O2/c1-8(2)17-12(16)15-6-5-11-10(7-15)13-9(3)14(11)4/h8H,5-7H2,1-4H3. The summed E-state index contributed by atoms with van der Waals surface area (Å²) in [6.07, 6.45) is 0.531. The number of fused-ring (bicyclic) bond motifs is 1. The smallest absolute Gasteiger partial charge is 0.410 e. The van der Waals surface area contributed by atoms with Gasteiger partial charge in [-0.15, -0.1) is 0 Å². The normalized spacial score (nSPS) is 15.0. The van der Waals surface area contributed by atoms with Crippen molar-refractivity contribution in [3.8, 4) is 0 Å². The largest absolute Gasteiger partial charge is 0.447 e. The molecule has 0 saturated carbocycles. The van der Waals surface area contributed by atoms with Crippen molar-refractivity contribution >= 4 is 6.09 Å². The lowest BCUT2D eigenvalue weighted by atomic mass is 10.1. The van der Waals surface area contributed by atoms with Crippen LogP contribution < -0.4 is 0 Å². The van der Waals surface area contributed by atoms with E-state index in [1.165, 1.54) is 5.69 Å². The van der Waals surface area contributed by atoms with Crippen LogP contribution in [-0.4, -0.2) is 33.2 Å². The minimum absolute atomic E-state index is 0.0747. The second-order valence-corrected chi connectivity index (χ2v) is 4.72. The summed E-state index contributed by atoms with van der Waals surface area (Å²) >= 11 is 0. The average Bonchev–Trinajstić information content (AvgIpc) is 2.53. The Labute approximate surface area is 101 Å². The molecule has 0 atom stereocenters. The van der Waals surface area contributed by atoms with Crippen molar-refractivity contribution < 1.29 is 9.53 Å². The summed E-state index contributed by atoms with van der Waals surface area (Å²) in [4.78, 5) is 18.0. The second kappa shape index (κ2) is 4.39. The van der Waals surface area contributed by atoms with Crippen molar-refractivity contribution in [1.82, 2.24) is 14.5 Å². The molecule has 0 spiro atoms. The topological polar surface area (TPSA) is 47.4 Å². The summed E-state index contributed by atoms with van der Waals surface area (Å²) in [5.74, 6) is 0.995. The van der Waals surface area contributed by atoms with Crippen molar-refractivity contribution in [2.45, 2.75) is 39.8 Å². The molecule has 0 saturated heterocycles. The van der Waals surface area contributed by atoms with Crippen LogP contribution in [0.5, 0.6) is 0 Å². The number of hydrogen-bond acceptors (Lipinski definition) is 3. The van der Waals surface area contributed by atoms with E-state index in [-0.39, 0.29) is 12.2 Å². The van der Waals surface area contributed by atoms with Crippen molar-refractivity contribution in [3.05, 3.63) is 17.2 Å². The van der Waals surface area contributed by atoms with Crippen LogP contribution in [0.3, 0.4) is 0 Å². The maximum atomic E-state index is 11.8. The van der Waals surface area contributed by atoms with E-state index in [1.807, 2.05) is 27.8 Å². The number of imidazole rings is 1. The van der Waals surface area contributed by atoms with E-state index < -0.39 is 0 Å². The van der Waals surface area contributed by atoms with Gasteiger partial charge in [-0.05, 0) is 20.8 Å². The minimum atomic E-state index is -0.242. The first kappa shape index (κ1) is 12.0. The first-order chi connectivity index (χ1) is 7.99. The van der Waals surface area contributed by atoms with Gasteiger partial charge in [-0.2, -0.15) is 0 Å². The number of carbonyl (C=O) groups is 1. The average molecular weight is 237 g/mol. The fraction of sp³-hybridized carbons (Fsp3) is 0.667. The van der Waals surface area contributed by atoms with E-state index in [0.717, 1.165) is 17.9 Å². The molecule has 94 valence electrons. The Hall–Kier alpha value is -1.52. The molecule has 5 nitrogen and oxygen atoms in total. The number of rotatable bonds is 1. The molecule has 1 aliphatic heterocycles. The summed E-state index contributed by atoms with van der Waals surface area (Å²) in [5.41, 5.74) is 2.23. The number of aryl methyl sites for hydroxylation is 1. The molecule has 17 heavy (non-hydrogen) atoms. The number of ether oxygens (including phenoxy) is 1. The molecule has 2 heterocycles. The fourth-order valence-corrected chi connectivity index (χ4v) is 2.10. The van der Waals surface area contributed by atoms with Gasteiger partial charge in [-0.25, -0.2) is 9.78 Å². The van der Waals surface area contributed by atoms with E-state index in [1.54, 1.807) is 4.90 Å². The van der Waals surface area contributed by atoms with Gasteiger partial charge in [0.15, 0.2) is 0 Å². The molecule has 0 N–H and O–H groups in total. The molecule has 2 rings (SSSR count). The van der Waals surface area contributed by atoms with Crippen LogP contribution in [0.1, 0.15) is 31.1 Å². The lowest BCUT2D eigenvalue weighted by Gasteiger charge is -2.26. The number of hydrogen-bond donors (Lipinski definition) is 0. The zero-order valence-corrected chi connectivity index (χ0v) is 10.9. The van der Waals surface area contributed by atoms with Crippen LogP contribution in [0.2, 0.25) is 0 Å². The highest BCUT2D eigenvalue weighted by atomic mass is 16.6. The van der Waals surface area contributed by atoms with Gasteiger partial charge in [0.2, 0.25) is 0 Å². The molecule has 0 bridgehead atoms. The van der Waals surface area contributed by atoms with Crippen LogP contribution >= 0.6 is 0 Å². The summed E-state index contributed by atoms with van der Waals surface area (Å²) in [5, 5.41) is 0. The predicted molar refractivity (Wildman–Crippen MR) is 63.7 cm³/mol. The van der Waals surface area contributed by atoms with Gasteiger partial charge in [-0.1, -0.05) is 0 Å². The molecule has 0 fully saturated rings. The first-order valence-corrected chi connectivity index (χ1v) is 5.95. The summed E-state index contributed by atoms with van der Waals surface area (Å²) < 4.78 is 7.29. The maximum absolute atomic E-state index is 11.8. The predicted octanol–water partition coefficient (Wildman–Crippen LogP) is 1.63.